The summed E-state index contributed by atoms with van der Waals surface area (Å²) < 4.78 is 0. The fourth-order valence-electron chi connectivity index (χ4n) is 1.88. The molecule has 80 valence electrons. The topological polar surface area (TPSA) is 33.1 Å². The number of benzene rings is 1. The molecule has 2 heteroatoms. The van der Waals surface area contributed by atoms with Crippen LogP contribution in [0.15, 0.2) is 42.6 Å². The van der Waals surface area contributed by atoms with Crippen LogP contribution in [0.3, 0.4) is 0 Å². The van der Waals surface area contributed by atoms with Gasteiger partial charge in [-0.25, -0.2) is 0 Å². The van der Waals surface area contributed by atoms with E-state index in [4.69, 9.17) is 0 Å². The van der Waals surface area contributed by atoms with Crippen LogP contribution in [0.25, 0.3) is 11.1 Å². The van der Waals surface area contributed by atoms with Crippen LogP contribution < -0.4 is 0 Å². The van der Waals surface area contributed by atoms with Gasteiger partial charge in [0.25, 0.3) is 0 Å². The molecule has 0 unspecified atom stereocenters. The van der Waals surface area contributed by atoms with E-state index in [0.717, 1.165) is 11.1 Å². The van der Waals surface area contributed by atoms with Crippen molar-refractivity contribution in [3.8, 4) is 16.9 Å². The van der Waals surface area contributed by atoms with Crippen LogP contribution >= 0.6 is 0 Å². The Kier molecular flexibility index (Phi) is 2.13. The highest BCUT2D eigenvalue weighted by atomic mass is 16.3. The van der Waals surface area contributed by atoms with Crippen molar-refractivity contribution >= 4 is 0 Å². The number of phenols is 1. The SMILES string of the molecule is Oc1cccc(-c2ccc(C3CC3)nc2)c1. The Balaban J connectivity index is 1.94. The smallest absolute Gasteiger partial charge is 0.116 e. The van der Waals surface area contributed by atoms with Crippen LogP contribution in [-0.4, -0.2) is 10.1 Å². The zero-order valence-corrected chi connectivity index (χ0v) is 8.93. The minimum Gasteiger partial charge on any atom is -0.508 e. The number of pyridine rings is 1. The third-order valence-corrected chi connectivity index (χ3v) is 2.96. The molecule has 1 saturated carbocycles. The molecule has 0 saturated heterocycles. The maximum Gasteiger partial charge on any atom is 0.116 e. The molecule has 1 aromatic heterocycles. The first-order chi connectivity index (χ1) is 7.83. The molecule has 1 aliphatic carbocycles. The minimum absolute atomic E-state index is 0.295. The van der Waals surface area contributed by atoms with Gasteiger partial charge in [0, 0.05) is 23.4 Å². The fraction of sp³-hybridized carbons (Fsp3) is 0.214. The summed E-state index contributed by atoms with van der Waals surface area (Å²) in [6.45, 7) is 0. The number of nitrogens with zero attached hydrogens (tertiary/aromatic N) is 1. The van der Waals surface area contributed by atoms with Crippen LogP contribution in [0.4, 0.5) is 0 Å². The molecule has 2 nitrogen and oxygen atoms in total. The van der Waals surface area contributed by atoms with E-state index in [9.17, 15) is 5.11 Å². The molecule has 1 heterocycles. The third kappa shape index (κ3) is 1.78. The standard InChI is InChI=1S/C14H13NO/c16-13-3-1-2-11(8-13)12-6-7-14(15-9-12)10-4-5-10/h1-3,6-10,16H,4-5H2. The molecule has 0 radical (unpaired) electrons. The van der Waals surface area contributed by atoms with Crippen LogP contribution in [0.5, 0.6) is 5.75 Å². The van der Waals surface area contributed by atoms with Gasteiger partial charge < -0.3 is 5.11 Å². The second-order valence-electron chi connectivity index (χ2n) is 4.30. The lowest BCUT2D eigenvalue weighted by atomic mass is 10.1. The van der Waals surface area contributed by atoms with E-state index in [1.165, 1.54) is 18.5 Å². The summed E-state index contributed by atoms with van der Waals surface area (Å²) in [7, 11) is 0. The molecule has 1 aromatic carbocycles. The summed E-state index contributed by atoms with van der Waals surface area (Å²) in [6.07, 6.45) is 4.44. The van der Waals surface area contributed by atoms with Gasteiger partial charge in [-0.05, 0) is 36.6 Å². The van der Waals surface area contributed by atoms with Crippen LogP contribution in [-0.2, 0) is 0 Å². The molecule has 3 rings (SSSR count). The Hall–Kier alpha value is -1.83. The number of phenolic OH excluding ortho intramolecular Hbond substituents is 1. The first-order valence-electron chi connectivity index (χ1n) is 5.58. The summed E-state index contributed by atoms with van der Waals surface area (Å²) in [5.74, 6) is 0.988. The Morgan fingerprint density at radius 2 is 1.94 bits per heavy atom. The summed E-state index contributed by atoms with van der Waals surface area (Å²) in [5, 5.41) is 9.41. The molecule has 0 amide bonds. The van der Waals surface area contributed by atoms with E-state index in [1.54, 1.807) is 12.1 Å². The third-order valence-electron chi connectivity index (χ3n) is 2.96. The molecular weight excluding hydrogens is 198 g/mol. The van der Waals surface area contributed by atoms with Gasteiger partial charge in [-0.1, -0.05) is 18.2 Å². The van der Waals surface area contributed by atoms with Crippen molar-refractivity contribution in [2.75, 3.05) is 0 Å². The predicted molar refractivity (Wildman–Crippen MR) is 63.3 cm³/mol. The first-order valence-corrected chi connectivity index (χ1v) is 5.58. The predicted octanol–water partition coefficient (Wildman–Crippen LogP) is 3.33. The minimum atomic E-state index is 0.295. The maximum absolute atomic E-state index is 9.41. The highest BCUT2D eigenvalue weighted by Gasteiger charge is 2.24. The number of hydrogen-bond donors (Lipinski definition) is 1. The van der Waals surface area contributed by atoms with Gasteiger partial charge in [-0.3, -0.25) is 4.98 Å². The van der Waals surface area contributed by atoms with Crippen molar-refractivity contribution in [3.05, 3.63) is 48.3 Å². The van der Waals surface area contributed by atoms with Gasteiger partial charge in [-0.2, -0.15) is 0 Å². The number of rotatable bonds is 2. The lowest BCUT2D eigenvalue weighted by Gasteiger charge is -2.03. The summed E-state index contributed by atoms with van der Waals surface area (Å²) in [5.41, 5.74) is 3.26. The molecule has 0 spiro atoms. The largest absolute Gasteiger partial charge is 0.508 e. The lowest BCUT2D eigenvalue weighted by molar-refractivity contribution is 0.475. The number of hydrogen-bond acceptors (Lipinski definition) is 2. The average Bonchev–Trinajstić information content (AvgIpc) is 3.13. The lowest BCUT2D eigenvalue weighted by Crippen LogP contribution is -1.86. The van der Waals surface area contributed by atoms with Gasteiger partial charge in [0.2, 0.25) is 0 Å². The van der Waals surface area contributed by atoms with E-state index >= 15 is 0 Å². The first kappa shape index (κ1) is 9.40. The highest BCUT2D eigenvalue weighted by molar-refractivity contribution is 5.64. The van der Waals surface area contributed by atoms with E-state index in [1.807, 2.05) is 18.3 Å². The zero-order chi connectivity index (χ0) is 11.0. The summed E-state index contributed by atoms with van der Waals surface area (Å²) in [4.78, 5) is 4.47. The van der Waals surface area contributed by atoms with Crippen LogP contribution in [0, 0.1) is 0 Å². The second kappa shape index (κ2) is 3.63. The van der Waals surface area contributed by atoms with E-state index in [0.29, 0.717) is 11.7 Å². The second-order valence-corrected chi connectivity index (χ2v) is 4.30. The number of aromatic hydroxyl groups is 1. The van der Waals surface area contributed by atoms with E-state index in [2.05, 4.69) is 17.1 Å². The molecule has 1 N–H and O–H groups in total. The summed E-state index contributed by atoms with van der Waals surface area (Å²) >= 11 is 0. The molecule has 2 aromatic rings. The molecule has 0 bridgehead atoms. The fourth-order valence-corrected chi connectivity index (χ4v) is 1.88. The molecule has 1 aliphatic rings. The highest BCUT2D eigenvalue weighted by Crippen LogP contribution is 2.39. The Morgan fingerprint density at radius 3 is 2.56 bits per heavy atom. The zero-order valence-electron chi connectivity index (χ0n) is 8.93. The monoisotopic (exact) mass is 211 g/mol. The molecule has 1 fully saturated rings. The molecule has 16 heavy (non-hydrogen) atoms. The van der Waals surface area contributed by atoms with E-state index < -0.39 is 0 Å². The Labute approximate surface area is 94.6 Å². The van der Waals surface area contributed by atoms with Crippen LogP contribution in [0.2, 0.25) is 0 Å². The molecule has 0 atom stereocenters. The van der Waals surface area contributed by atoms with E-state index in [-0.39, 0.29) is 0 Å². The van der Waals surface area contributed by atoms with Crippen molar-refractivity contribution in [1.29, 1.82) is 0 Å². The average molecular weight is 211 g/mol. The van der Waals surface area contributed by atoms with Crippen molar-refractivity contribution in [3.63, 3.8) is 0 Å². The summed E-state index contributed by atoms with van der Waals surface area (Å²) in [6, 6.07) is 11.4. The van der Waals surface area contributed by atoms with Crippen molar-refractivity contribution in [1.82, 2.24) is 4.98 Å². The van der Waals surface area contributed by atoms with Gasteiger partial charge in [-0.15, -0.1) is 0 Å². The molecular formula is C14H13NO. The Bertz CT molecular complexity index is 500. The maximum atomic E-state index is 9.41. The van der Waals surface area contributed by atoms with Crippen molar-refractivity contribution in [2.45, 2.75) is 18.8 Å². The van der Waals surface area contributed by atoms with Gasteiger partial charge in [0.05, 0.1) is 0 Å². The van der Waals surface area contributed by atoms with Gasteiger partial charge in [0.1, 0.15) is 5.75 Å². The molecule has 0 aliphatic heterocycles. The van der Waals surface area contributed by atoms with Gasteiger partial charge >= 0.3 is 0 Å². The quantitative estimate of drug-likeness (QED) is 0.826. The van der Waals surface area contributed by atoms with Crippen molar-refractivity contribution < 1.29 is 5.11 Å². The Morgan fingerprint density at radius 1 is 1.06 bits per heavy atom. The normalized spacial score (nSPS) is 15.0. The van der Waals surface area contributed by atoms with Crippen LogP contribution in [0.1, 0.15) is 24.5 Å². The van der Waals surface area contributed by atoms with Crippen molar-refractivity contribution in [2.24, 2.45) is 0 Å². The number of aromatic nitrogens is 1. The van der Waals surface area contributed by atoms with Gasteiger partial charge in [0.15, 0.2) is 0 Å².